The lowest BCUT2D eigenvalue weighted by Crippen LogP contribution is -2.26. The van der Waals surface area contributed by atoms with Crippen LogP contribution in [-0.4, -0.2) is 20.7 Å². The molecule has 0 unspecified atom stereocenters. The SMILES string of the molecule is O=C([O-])c1ncnn1-c1ccccc1. The summed E-state index contributed by atoms with van der Waals surface area (Å²) in [5, 5.41) is 14.4. The molecule has 0 saturated carbocycles. The molecule has 0 atom stereocenters. The number of benzene rings is 1. The Morgan fingerprint density at radius 2 is 2.00 bits per heavy atom. The molecule has 0 bridgehead atoms. The zero-order chi connectivity index (χ0) is 9.97. The van der Waals surface area contributed by atoms with Gasteiger partial charge in [-0.1, -0.05) is 18.2 Å². The molecule has 0 aliphatic rings. The van der Waals surface area contributed by atoms with E-state index in [0.717, 1.165) is 0 Å². The molecule has 1 aromatic carbocycles. The van der Waals surface area contributed by atoms with E-state index in [9.17, 15) is 9.90 Å². The van der Waals surface area contributed by atoms with Gasteiger partial charge in [0, 0.05) is 0 Å². The first-order valence-electron chi connectivity index (χ1n) is 3.96. The maximum absolute atomic E-state index is 10.6. The highest BCUT2D eigenvalue weighted by atomic mass is 16.4. The summed E-state index contributed by atoms with van der Waals surface area (Å²) >= 11 is 0. The molecule has 0 fully saturated rings. The van der Waals surface area contributed by atoms with Crippen molar-refractivity contribution in [2.24, 2.45) is 0 Å². The van der Waals surface area contributed by atoms with Crippen LogP contribution in [0.2, 0.25) is 0 Å². The van der Waals surface area contributed by atoms with Gasteiger partial charge < -0.3 is 9.90 Å². The predicted octanol–water partition coefficient (Wildman–Crippen LogP) is -0.369. The third-order valence-electron chi connectivity index (χ3n) is 1.73. The first-order valence-corrected chi connectivity index (χ1v) is 3.96. The number of aromatic carboxylic acids is 1. The van der Waals surface area contributed by atoms with Crippen LogP contribution in [0.1, 0.15) is 10.6 Å². The van der Waals surface area contributed by atoms with Crippen LogP contribution in [0.25, 0.3) is 5.69 Å². The zero-order valence-corrected chi connectivity index (χ0v) is 7.12. The second kappa shape index (κ2) is 3.29. The van der Waals surface area contributed by atoms with Crippen molar-refractivity contribution in [3.05, 3.63) is 42.5 Å². The topological polar surface area (TPSA) is 70.8 Å². The number of para-hydroxylation sites is 1. The van der Waals surface area contributed by atoms with Crippen molar-refractivity contribution in [1.29, 1.82) is 0 Å². The molecule has 0 saturated heterocycles. The monoisotopic (exact) mass is 188 g/mol. The Morgan fingerprint density at radius 3 is 2.64 bits per heavy atom. The Kier molecular flexibility index (Phi) is 1.98. The summed E-state index contributed by atoms with van der Waals surface area (Å²) in [6.07, 6.45) is 1.18. The van der Waals surface area contributed by atoms with Gasteiger partial charge in [0.1, 0.15) is 12.3 Å². The van der Waals surface area contributed by atoms with Crippen molar-refractivity contribution in [1.82, 2.24) is 14.8 Å². The predicted molar refractivity (Wildman–Crippen MR) is 45.7 cm³/mol. The van der Waals surface area contributed by atoms with Gasteiger partial charge >= 0.3 is 0 Å². The Labute approximate surface area is 79.6 Å². The number of hydrogen-bond acceptors (Lipinski definition) is 4. The van der Waals surface area contributed by atoms with Crippen molar-refractivity contribution < 1.29 is 9.90 Å². The highest BCUT2D eigenvalue weighted by molar-refractivity contribution is 5.81. The van der Waals surface area contributed by atoms with E-state index in [1.807, 2.05) is 6.07 Å². The van der Waals surface area contributed by atoms with E-state index in [4.69, 9.17) is 0 Å². The Balaban J connectivity index is 2.52. The Morgan fingerprint density at radius 1 is 1.29 bits per heavy atom. The lowest BCUT2D eigenvalue weighted by molar-refractivity contribution is -0.256. The normalized spacial score (nSPS) is 10.0. The molecule has 5 heteroatoms. The standard InChI is InChI=1S/C9H7N3O2/c13-9(14)8-10-6-11-12(8)7-4-2-1-3-5-7/h1-6H,(H,13,14)/p-1. The van der Waals surface area contributed by atoms with Gasteiger partial charge in [0.2, 0.25) is 0 Å². The molecule has 5 nitrogen and oxygen atoms in total. The van der Waals surface area contributed by atoms with E-state index in [1.165, 1.54) is 11.0 Å². The van der Waals surface area contributed by atoms with Crippen LogP contribution in [0.3, 0.4) is 0 Å². The highest BCUT2D eigenvalue weighted by Gasteiger charge is 2.05. The molecule has 14 heavy (non-hydrogen) atoms. The van der Waals surface area contributed by atoms with E-state index >= 15 is 0 Å². The highest BCUT2D eigenvalue weighted by Crippen LogP contribution is 2.06. The molecule has 0 aliphatic carbocycles. The number of carbonyl (C=O) groups excluding carboxylic acids is 1. The van der Waals surface area contributed by atoms with Crippen molar-refractivity contribution in [2.45, 2.75) is 0 Å². The maximum atomic E-state index is 10.6. The zero-order valence-electron chi connectivity index (χ0n) is 7.12. The van der Waals surface area contributed by atoms with Crippen LogP contribution in [0.5, 0.6) is 0 Å². The molecule has 0 radical (unpaired) electrons. The van der Waals surface area contributed by atoms with Crippen molar-refractivity contribution in [3.63, 3.8) is 0 Å². The van der Waals surface area contributed by atoms with Crippen LogP contribution in [-0.2, 0) is 0 Å². The molecule has 1 heterocycles. The fraction of sp³-hybridized carbons (Fsp3) is 0. The third kappa shape index (κ3) is 1.35. The fourth-order valence-corrected chi connectivity index (χ4v) is 1.14. The number of carbonyl (C=O) groups is 1. The van der Waals surface area contributed by atoms with Crippen LogP contribution in [0, 0.1) is 0 Å². The lowest BCUT2D eigenvalue weighted by atomic mass is 10.3. The summed E-state index contributed by atoms with van der Waals surface area (Å²) in [6, 6.07) is 8.88. The molecular formula is C9H6N3O2-. The van der Waals surface area contributed by atoms with Crippen LogP contribution >= 0.6 is 0 Å². The first kappa shape index (κ1) is 8.43. The van der Waals surface area contributed by atoms with Gasteiger partial charge in [-0.2, -0.15) is 5.10 Å². The van der Waals surface area contributed by atoms with Crippen molar-refractivity contribution in [2.75, 3.05) is 0 Å². The summed E-state index contributed by atoms with van der Waals surface area (Å²) in [5.41, 5.74) is 0.643. The number of hydrogen-bond donors (Lipinski definition) is 0. The molecular weight excluding hydrogens is 182 g/mol. The molecule has 0 N–H and O–H groups in total. The lowest BCUT2D eigenvalue weighted by Gasteiger charge is -2.05. The fourth-order valence-electron chi connectivity index (χ4n) is 1.14. The second-order valence-corrected chi connectivity index (χ2v) is 2.62. The van der Waals surface area contributed by atoms with Crippen LogP contribution in [0.4, 0.5) is 0 Å². The third-order valence-corrected chi connectivity index (χ3v) is 1.73. The summed E-state index contributed by atoms with van der Waals surface area (Å²) in [5.74, 6) is -1.54. The van der Waals surface area contributed by atoms with Gasteiger partial charge in [-0.15, -0.1) is 0 Å². The van der Waals surface area contributed by atoms with Crippen LogP contribution in [0.15, 0.2) is 36.7 Å². The largest absolute Gasteiger partial charge is 0.541 e. The number of carboxylic acid groups (broad SMARTS) is 1. The first-order chi connectivity index (χ1) is 6.79. The second-order valence-electron chi connectivity index (χ2n) is 2.62. The molecule has 2 rings (SSSR count). The van der Waals surface area contributed by atoms with Gasteiger partial charge in [0.25, 0.3) is 0 Å². The summed E-state index contributed by atoms with van der Waals surface area (Å²) < 4.78 is 1.22. The van der Waals surface area contributed by atoms with Gasteiger partial charge in [-0.05, 0) is 12.1 Å². The Hall–Kier alpha value is -2.17. The van der Waals surface area contributed by atoms with E-state index in [2.05, 4.69) is 10.1 Å². The van der Waals surface area contributed by atoms with Gasteiger partial charge in [0.15, 0.2) is 5.82 Å². The van der Waals surface area contributed by atoms with Crippen molar-refractivity contribution >= 4 is 5.97 Å². The van der Waals surface area contributed by atoms with E-state index < -0.39 is 5.97 Å². The van der Waals surface area contributed by atoms with Crippen molar-refractivity contribution in [3.8, 4) is 5.69 Å². The van der Waals surface area contributed by atoms with Gasteiger partial charge in [-0.3, -0.25) is 0 Å². The minimum atomic E-state index is -1.34. The smallest absolute Gasteiger partial charge is 0.178 e. The molecule has 0 spiro atoms. The molecule has 1 aromatic heterocycles. The Bertz CT molecular complexity index is 450. The van der Waals surface area contributed by atoms with E-state index in [-0.39, 0.29) is 5.82 Å². The molecule has 0 amide bonds. The summed E-state index contributed by atoms with van der Waals surface area (Å²) in [7, 11) is 0. The van der Waals surface area contributed by atoms with Crippen LogP contribution < -0.4 is 5.11 Å². The average Bonchev–Trinajstić information content (AvgIpc) is 2.67. The minimum absolute atomic E-state index is 0.198. The summed E-state index contributed by atoms with van der Waals surface area (Å²) in [6.45, 7) is 0. The number of carboxylic acids is 1. The maximum Gasteiger partial charge on any atom is 0.178 e. The number of rotatable bonds is 2. The van der Waals surface area contributed by atoms with Gasteiger partial charge in [0.05, 0.1) is 5.69 Å². The van der Waals surface area contributed by atoms with E-state index in [1.54, 1.807) is 24.3 Å². The average molecular weight is 188 g/mol. The molecule has 70 valence electrons. The van der Waals surface area contributed by atoms with E-state index in [0.29, 0.717) is 5.69 Å². The number of nitrogens with zero attached hydrogens (tertiary/aromatic N) is 3. The minimum Gasteiger partial charge on any atom is -0.541 e. The molecule has 2 aromatic rings. The van der Waals surface area contributed by atoms with Gasteiger partial charge in [-0.25, -0.2) is 9.67 Å². The number of aromatic nitrogens is 3. The quantitative estimate of drug-likeness (QED) is 0.644. The summed E-state index contributed by atoms with van der Waals surface area (Å²) in [4.78, 5) is 14.2. The molecule has 0 aliphatic heterocycles.